The molecular weight excluding hydrogens is 440 g/mol. The van der Waals surface area contributed by atoms with Gasteiger partial charge in [0, 0.05) is 48.5 Å². The van der Waals surface area contributed by atoms with Crippen LogP contribution < -0.4 is 15.0 Å². The van der Waals surface area contributed by atoms with E-state index < -0.39 is 23.8 Å². The fourth-order valence-electron chi connectivity index (χ4n) is 3.68. The lowest BCUT2D eigenvalue weighted by atomic mass is 10.0. The van der Waals surface area contributed by atoms with E-state index >= 15 is 0 Å². The van der Waals surface area contributed by atoms with Crippen molar-refractivity contribution in [2.24, 2.45) is 5.92 Å². The number of pyridine rings is 2. The number of halogens is 4. The summed E-state index contributed by atoms with van der Waals surface area (Å²) in [5, 5.41) is 2.60. The minimum absolute atomic E-state index is 0.167. The molecule has 0 saturated carbocycles. The molecule has 0 spiro atoms. The lowest BCUT2D eigenvalue weighted by molar-refractivity contribution is -0.274. The lowest BCUT2D eigenvalue weighted by Crippen LogP contribution is -2.22. The lowest BCUT2D eigenvalue weighted by Gasteiger charge is -2.21. The number of hydrogen-bond donors (Lipinski definition) is 1. The number of alkyl halides is 3. The van der Waals surface area contributed by atoms with Gasteiger partial charge in [-0.3, -0.25) is 9.78 Å². The largest absolute Gasteiger partial charge is 0.573 e. The minimum Gasteiger partial charge on any atom is -0.406 e. The van der Waals surface area contributed by atoms with Crippen molar-refractivity contribution in [1.82, 2.24) is 9.97 Å². The Balaban J connectivity index is 1.61. The molecule has 0 bridgehead atoms. The van der Waals surface area contributed by atoms with E-state index in [2.05, 4.69) is 26.9 Å². The van der Waals surface area contributed by atoms with Gasteiger partial charge in [-0.25, -0.2) is 9.37 Å². The number of anilines is 2. The van der Waals surface area contributed by atoms with Gasteiger partial charge < -0.3 is 15.0 Å². The van der Waals surface area contributed by atoms with Gasteiger partial charge in [-0.15, -0.1) is 13.2 Å². The predicted molar refractivity (Wildman–Crippen MR) is 114 cm³/mol. The molecule has 10 heteroatoms. The van der Waals surface area contributed by atoms with Crippen LogP contribution in [-0.4, -0.2) is 35.3 Å². The smallest absolute Gasteiger partial charge is 0.406 e. The van der Waals surface area contributed by atoms with Gasteiger partial charge in [-0.2, -0.15) is 0 Å². The third-order valence-electron chi connectivity index (χ3n) is 5.26. The third kappa shape index (κ3) is 5.39. The van der Waals surface area contributed by atoms with Crippen LogP contribution in [0, 0.1) is 11.7 Å². The Labute approximate surface area is 187 Å². The summed E-state index contributed by atoms with van der Waals surface area (Å²) in [6.45, 7) is 3.65. The maximum absolute atomic E-state index is 14.6. The summed E-state index contributed by atoms with van der Waals surface area (Å²) in [5.74, 6) is -0.403. The predicted octanol–water partition coefficient (Wildman–Crippen LogP) is 5.28. The number of carbonyl (C=O) groups is 1. The monoisotopic (exact) mass is 460 g/mol. The fourth-order valence-corrected chi connectivity index (χ4v) is 3.68. The van der Waals surface area contributed by atoms with Crippen LogP contribution in [0.4, 0.5) is 29.1 Å². The Morgan fingerprint density at radius 3 is 2.55 bits per heavy atom. The van der Waals surface area contributed by atoms with Crippen molar-refractivity contribution in [3.8, 4) is 16.9 Å². The Hall–Kier alpha value is -3.69. The molecule has 33 heavy (non-hydrogen) atoms. The molecule has 2 aromatic heterocycles. The van der Waals surface area contributed by atoms with Crippen molar-refractivity contribution < 1.29 is 27.1 Å². The Morgan fingerprint density at radius 2 is 1.91 bits per heavy atom. The summed E-state index contributed by atoms with van der Waals surface area (Å²) in [6.07, 6.45) is 0.297. The third-order valence-corrected chi connectivity index (χ3v) is 5.26. The molecular formula is C23H20F4N4O2. The Bertz CT molecular complexity index is 1150. The standard InChI is InChI=1S/C23H20F4N4O2/c1-14-7-9-31(13-14)21-18(19-12-28-8-6-20(19)24)10-15(11-29-21)22(32)30-16-2-4-17(5-3-16)33-23(25,26)27/h2-6,8,10-12,14H,7,9,13H2,1H3,(H,30,32)/t14-/m1/s1. The highest BCUT2D eigenvalue weighted by Gasteiger charge is 2.31. The second kappa shape index (κ2) is 9.05. The summed E-state index contributed by atoms with van der Waals surface area (Å²) in [4.78, 5) is 23.3. The van der Waals surface area contributed by atoms with Gasteiger partial charge in [0.2, 0.25) is 0 Å². The van der Waals surface area contributed by atoms with Crippen LogP contribution in [0.15, 0.2) is 55.0 Å². The highest BCUT2D eigenvalue weighted by Crippen LogP contribution is 2.34. The van der Waals surface area contributed by atoms with Crippen LogP contribution in [0.1, 0.15) is 23.7 Å². The first-order chi connectivity index (χ1) is 15.7. The molecule has 0 radical (unpaired) electrons. The van der Waals surface area contributed by atoms with Crippen LogP contribution in [0.2, 0.25) is 0 Å². The number of aromatic nitrogens is 2. The normalized spacial score (nSPS) is 16.0. The molecule has 0 unspecified atom stereocenters. The first-order valence-corrected chi connectivity index (χ1v) is 10.2. The van der Waals surface area contributed by atoms with Gasteiger partial charge in [0.1, 0.15) is 17.4 Å². The number of amides is 1. The van der Waals surface area contributed by atoms with Crippen molar-refractivity contribution in [3.63, 3.8) is 0 Å². The molecule has 1 amide bonds. The number of nitrogens with one attached hydrogen (secondary N) is 1. The zero-order valence-corrected chi connectivity index (χ0v) is 17.6. The summed E-state index contributed by atoms with van der Waals surface area (Å²) in [7, 11) is 0. The zero-order valence-electron chi connectivity index (χ0n) is 17.6. The molecule has 1 saturated heterocycles. The van der Waals surface area contributed by atoms with Crippen molar-refractivity contribution in [2.45, 2.75) is 19.7 Å². The maximum Gasteiger partial charge on any atom is 0.573 e. The quantitative estimate of drug-likeness (QED) is 0.525. The first-order valence-electron chi connectivity index (χ1n) is 10.2. The number of hydrogen-bond acceptors (Lipinski definition) is 5. The van der Waals surface area contributed by atoms with E-state index in [9.17, 15) is 22.4 Å². The molecule has 1 aliphatic heterocycles. The Kier molecular flexibility index (Phi) is 6.17. The second-order valence-corrected chi connectivity index (χ2v) is 7.82. The summed E-state index contributed by atoms with van der Waals surface area (Å²) in [5.41, 5.74) is 1.10. The van der Waals surface area contributed by atoms with Gasteiger partial charge in [-0.05, 0) is 48.7 Å². The van der Waals surface area contributed by atoms with E-state index in [0.29, 0.717) is 17.3 Å². The first kappa shape index (κ1) is 22.5. The van der Waals surface area contributed by atoms with E-state index in [1.807, 2.05) is 4.90 Å². The van der Waals surface area contributed by atoms with Crippen LogP contribution >= 0.6 is 0 Å². The van der Waals surface area contributed by atoms with Gasteiger partial charge in [-0.1, -0.05) is 6.92 Å². The second-order valence-electron chi connectivity index (χ2n) is 7.82. The molecule has 172 valence electrons. The molecule has 1 aliphatic rings. The maximum atomic E-state index is 14.6. The van der Waals surface area contributed by atoms with E-state index in [-0.39, 0.29) is 16.8 Å². The van der Waals surface area contributed by atoms with Gasteiger partial charge in [0.05, 0.1) is 5.56 Å². The average molecular weight is 460 g/mol. The summed E-state index contributed by atoms with van der Waals surface area (Å²) >= 11 is 0. The van der Waals surface area contributed by atoms with Gasteiger partial charge >= 0.3 is 6.36 Å². The molecule has 1 aromatic carbocycles. The molecule has 1 atom stereocenters. The minimum atomic E-state index is -4.80. The van der Waals surface area contributed by atoms with E-state index in [1.54, 1.807) is 6.07 Å². The summed E-state index contributed by atoms with van der Waals surface area (Å²) < 4.78 is 55.3. The van der Waals surface area contributed by atoms with Crippen molar-refractivity contribution in [3.05, 3.63) is 66.4 Å². The number of rotatable bonds is 5. The van der Waals surface area contributed by atoms with Gasteiger partial charge in [0.25, 0.3) is 5.91 Å². The number of carbonyl (C=O) groups excluding carboxylic acids is 1. The van der Waals surface area contributed by atoms with Crippen molar-refractivity contribution in [2.75, 3.05) is 23.3 Å². The highest BCUT2D eigenvalue weighted by molar-refractivity contribution is 6.05. The average Bonchev–Trinajstić information content (AvgIpc) is 3.20. The highest BCUT2D eigenvalue weighted by atomic mass is 19.4. The SMILES string of the molecule is C[C@@H]1CCN(c2ncc(C(=O)Nc3ccc(OC(F)(F)F)cc3)cc2-c2cnccc2F)C1. The Morgan fingerprint density at radius 1 is 1.15 bits per heavy atom. The topological polar surface area (TPSA) is 67.4 Å². The molecule has 0 aliphatic carbocycles. The fraction of sp³-hybridized carbons (Fsp3) is 0.261. The molecule has 1 fully saturated rings. The van der Waals surface area contributed by atoms with Crippen molar-refractivity contribution in [1.29, 1.82) is 0 Å². The number of ether oxygens (including phenoxy) is 1. The van der Waals surface area contributed by atoms with E-state index in [4.69, 9.17) is 0 Å². The van der Waals surface area contributed by atoms with Gasteiger partial charge in [0.15, 0.2) is 0 Å². The van der Waals surface area contributed by atoms with Crippen molar-refractivity contribution >= 4 is 17.4 Å². The molecule has 3 aromatic rings. The molecule has 4 rings (SSSR count). The van der Waals surface area contributed by atoms with Crippen LogP contribution in [0.5, 0.6) is 5.75 Å². The van der Waals surface area contributed by atoms with E-state index in [0.717, 1.165) is 31.6 Å². The molecule has 1 N–H and O–H groups in total. The molecule has 3 heterocycles. The number of benzene rings is 1. The molecule has 6 nitrogen and oxygen atoms in total. The zero-order chi connectivity index (χ0) is 23.6. The van der Waals surface area contributed by atoms with Crippen LogP contribution in [0.25, 0.3) is 11.1 Å². The van der Waals surface area contributed by atoms with Crippen LogP contribution in [-0.2, 0) is 0 Å². The van der Waals surface area contributed by atoms with E-state index in [1.165, 1.54) is 36.8 Å². The van der Waals surface area contributed by atoms with Crippen LogP contribution in [0.3, 0.4) is 0 Å². The summed E-state index contributed by atoms with van der Waals surface area (Å²) in [6, 6.07) is 7.54. The number of nitrogens with zero attached hydrogens (tertiary/aromatic N) is 3.